The van der Waals surface area contributed by atoms with Crippen molar-refractivity contribution in [1.82, 2.24) is 25.2 Å². The van der Waals surface area contributed by atoms with E-state index in [1.54, 1.807) is 16.7 Å². The summed E-state index contributed by atoms with van der Waals surface area (Å²) in [5.41, 5.74) is 11.6. The zero-order chi connectivity index (χ0) is 37.6. The number of hydrogen-bond acceptors (Lipinski definition) is 10. The van der Waals surface area contributed by atoms with E-state index >= 15 is 0 Å². The smallest absolute Gasteiger partial charge is 0.407 e. The lowest BCUT2D eigenvalue weighted by molar-refractivity contribution is -0.139. The van der Waals surface area contributed by atoms with Gasteiger partial charge >= 0.3 is 6.09 Å². The van der Waals surface area contributed by atoms with Gasteiger partial charge < -0.3 is 31.3 Å². The van der Waals surface area contributed by atoms with E-state index in [1.807, 2.05) is 74.5 Å². The van der Waals surface area contributed by atoms with Crippen LogP contribution in [0.1, 0.15) is 52.1 Å². The maximum absolute atomic E-state index is 13.5. The van der Waals surface area contributed by atoms with Crippen molar-refractivity contribution in [1.29, 1.82) is 0 Å². The lowest BCUT2D eigenvalue weighted by atomic mass is 10.0. The van der Waals surface area contributed by atoms with E-state index in [9.17, 15) is 14.4 Å². The molecule has 1 aliphatic rings. The van der Waals surface area contributed by atoms with Crippen molar-refractivity contribution in [2.24, 2.45) is 5.92 Å². The van der Waals surface area contributed by atoms with Crippen molar-refractivity contribution in [3.8, 4) is 11.1 Å². The lowest BCUT2D eigenvalue weighted by Gasteiger charge is -2.30. The number of nitrogen functional groups attached to an aromatic ring is 1. The first-order valence-corrected chi connectivity index (χ1v) is 18.4. The summed E-state index contributed by atoms with van der Waals surface area (Å²) >= 11 is 1.61. The third-order valence-electron chi connectivity index (χ3n) is 9.17. The highest BCUT2D eigenvalue weighted by atomic mass is 32.2. The Morgan fingerprint density at radius 3 is 2.36 bits per heavy atom. The number of nitrogens with zero attached hydrogens (tertiary/aromatic N) is 4. The van der Waals surface area contributed by atoms with Gasteiger partial charge in [-0.3, -0.25) is 9.59 Å². The average Bonchev–Trinajstić information content (AvgIpc) is 3.66. The normalized spacial score (nSPS) is 14.7. The second-order valence-corrected chi connectivity index (χ2v) is 14.7. The Labute approximate surface area is 313 Å². The van der Waals surface area contributed by atoms with Crippen molar-refractivity contribution >= 4 is 63.6 Å². The van der Waals surface area contributed by atoms with E-state index < -0.39 is 18.2 Å². The number of nitrogens with one attached hydrogen (secondary N) is 3. The molecule has 3 heterocycles. The first kappa shape index (κ1) is 37.1. The van der Waals surface area contributed by atoms with Gasteiger partial charge in [-0.2, -0.15) is 0 Å². The van der Waals surface area contributed by atoms with E-state index in [4.69, 9.17) is 15.5 Å². The molecular formula is C40H44N8O4S. The Bertz CT molecular complexity index is 2110. The molecule has 2 atom stereocenters. The number of carbonyl (C=O) groups is 3. The number of nitrogens with two attached hydrogens (primary N) is 1. The second kappa shape index (κ2) is 16.3. The van der Waals surface area contributed by atoms with E-state index in [0.29, 0.717) is 42.2 Å². The highest BCUT2D eigenvalue weighted by Gasteiger charge is 2.38. The average molecular weight is 733 g/mol. The minimum Gasteiger partial charge on any atom is -0.453 e. The number of rotatable bonds is 11. The number of alkyl carbamates (subject to hydrolysis) is 1. The highest BCUT2D eigenvalue weighted by molar-refractivity contribution is 7.99. The molecule has 1 fully saturated rings. The first-order chi connectivity index (χ1) is 25.5. The van der Waals surface area contributed by atoms with Crippen molar-refractivity contribution in [2.45, 2.75) is 68.3 Å². The summed E-state index contributed by atoms with van der Waals surface area (Å²) in [6.07, 6.45) is 2.06. The fourth-order valence-electron chi connectivity index (χ4n) is 6.22. The molecule has 5 aromatic rings. The standard InChI is InChI=1S/C40H44N8O4S/c1-23(2)31-18-17-30-36(45-31)42-22-43-37(30)46-32-21-26(10-19-34(32)53-29-15-11-27(41)12-16-29)25-8-13-28(14-9-25)44-38(49)33-7-6-20-48(33)39(50)35(24(3)4)47-40(51)52-5/h8-19,21-24,33,35H,6-7,20,41H2,1-5H3,(H,44,49)(H,47,51)(H,42,43,45,46)/t33-,35-/m0/s1. The predicted octanol–water partition coefficient (Wildman–Crippen LogP) is 7.60. The third kappa shape index (κ3) is 8.69. The molecule has 0 saturated carbocycles. The molecule has 1 aliphatic heterocycles. The molecule has 3 aromatic carbocycles. The Kier molecular flexibility index (Phi) is 11.4. The van der Waals surface area contributed by atoms with E-state index in [1.165, 1.54) is 13.4 Å². The van der Waals surface area contributed by atoms with Gasteiger partial charge in [-0.15, -0.1) is 0 Å². The SMILES string of the molecule is COC(=O)N[C@H](C(=O)N1CCC[C@H]1C(=O)Nc1ccc(-c2ccc(Sc3ccc(N)cc3)c(Nc3ncnc4nc(C(C)C)ccc34)c2)cc1)C(C)C. The van der Waals surface area contributed by atoms with Crippen LogP contribution < -0.4 is 21.7 Å². The number of anilines is 4. The summed E-state index contributed by atoms with van der Waals surface area (Å²) in [6, 6.07) is 24.1. The van der Waals surface area contributed by atoms with Gasteiger partial charge in [0.05, 0.1) is 18.2 Å². The monoisotopic (exact) mass is 732 g/mol. The summed E-state index contributed by atoms with van der Waals surface area (Å²) in [4.78, 5) is 56.2. The molecule has 0 radical (unpaired) electrons. The van der Waals surface area contributed by atoms with Gasteiger partial charge in [-0.05, 0) is 96.5 Å². The molecule has 274 valence electrons. The molecule has 13 heteroatoms. The van der Waals surface area contributed by atoms with E-state index in [2.05, 4.69) is 58.0 Å². The summed E-state index contributed by atoms with van der Waals surface area (Å²) in [5.74, 6) is 0.160. The molecule has 0 spiro atoms. The Balaban J connectivity index is 1.23. The number of carbonyl (C=O) groups excluding carboxylic acids is 3. The first-order valence-electron chi connectivity index (χ1n) is 17.6. The van der Waals surface area contributed by atoms with Crippen LogP contribution in [-0.2, 0) is 14.3 Å². The molecule has 6 rings (SSSR count). The van der Waals surface area contributed by atoms with Crippen LogP contribution in [0, 0.1) is 5.92 Å². The Hall–Kier alpha value is -5.69. The maximum Gasteiger partial charge on any atom is 0.407 e. The number of ether oxygens (including phenoxy) is 1. The molecule has 0 aliphatic carbocycles. The number of likely N-dealkylation sites (tertiary alicyclic amines) is 1. The summed E-state index contributed by atoms with van der Waals surface area (Å²) in [7, 11) is 1.25. The Morgan fingerprint density at radius 2 is 1.66 bits per heavy atom. The fraction of sp³-hybridized carbons (Fsp3) is 0.300. The largest absolute Gasteiger partial charge is 0.453 e. The molecule has 12 nitrogen and oxygen atoms in total. The van der Waals surface area contributed by atoms with Gasteiger partial charge in [-0.1, -0.05) is 57.7 Å². The van der Waals surface area contributed by atoms with Gasteiger partial charge in [0.1, 0.15) is 24.2 Å². The van der Waals surface area contributed by atoms with Crippen LogP contribution in [0.4, 0.5) is 27.7 Å². The van der Waals surface area contributed by atoms with E-state index in [0.717, 1.165) is 37.7 Å². The van der Waals surface area contributed by atoms with Gasteiger partial charge in [0.2, 0.25) is 11.8 Å². The maximum atomic E-state index is 13.5. The van der Waals surface area contributed by atoms with Crippen LogP contribution >= 0.6 is 11.8 Å². The van der Waals surface area contributed by atoms with Gasteiger partial charge in [-0.25, -0.2) is 19.7 Å². The third-order valence-corrected chi connectivity index (χ3v) is 10.3. The number of hydrogen-bond donors (Lipinski definition) is 4. The second-order valence-electron chi connectivity index (χ2n) is 13.6. The van der Waals surface area contributed by atoms with E-state index in [-0.39, 0.29) is 23.7 Å². The van der Waals surface area contributed by atoms with Crippen LogP contribution in [0.5, 0.6) is 0 Å². The van der Waals surface area contributed by atoms with Gasteiger partial charge in [0.25, 0.3) is 0 Å². The quantitative estimate of drug-likeness (QED) is 0.0994. The predicted molar refractivity (Wildman–Crippen MR) is 209 cm³/mol. The van der Waals surface area contributed by atoms with Crippen molar-refractivity contribution in [3.05, 3.63) is 90.9 Å². The summed E-state index contributed by atoms with van der Waals surface area (Å²) < 4.78 is 4.71. The van der Waals surface area contributed by atoms with Crippen LogP contribution in [0.3, 0.4) is 0 Å². The van der Waals surface area contributed by atoms with Crippen molar-refractivity contribution in [3.63, 3.8) is 0 Å². The van der Waals surface area contributed by atoms with Crippen molar-refractivity contribution < 1.29 is 19.1 Å². The molecular weight excluding hydrogens is 689 g/mol. The lowest BCUT2D eigenvalue weighted by Crippen LogP contribution is -2.54. The Morgan fingerprint density at radius 1 is 0.925 bits per heavy atom. The summed E-state index contributed by atoms with van der Waals surface area (Å²) in [6.45, 7) is 8.32. The molecule has 1 saturated heterocycles. The molecule has 53 heavy (non-hydrogen) atoms. The number of pyridine rings is 1. The minimum absolute atomic E-state index is 0.185. The zero-order valence-electron chi connectivity index (χ0n) is 30.4. The number of benzene rings is 3. The van der Waals surface area contributed by atoms with Crippen LogP contribution in [0.15, 0.2) is 95.0 Å². The number of methoxy groups -OCH3 is 1. The van der Waals surface area contributed by atoms with Crippen LogP contribution in [-0.4, -0.2) is 63.5 Å². The molecule has 0 bridgehead atoms. The zero-order valence-corrected chi connectivity index (χ0v) is 31.2. The molecule has 0 unspecified atom stereocenters. The van der Waals surface area contributed by atoms with Crippen molar-refractivity contribution in [2.75, 3.05) is 30.0 Å². The van der Waals surface area contributed by atoms with Gasteiger partial charge in [0.15, 0.2) is 5.65 Å². The van der Waals surface area contributed by atoms with Crippen LogP contribution in [0.2, 0.25) is 0 Å². The highest BCUT2D eigenvalue weighted by Crippen LogP contribution is 2.39. The summed E-state index contributed by atoms with van der Waals surface area (Å²) in [5, 5.41) is 9.98. The van der Waals surface area contributed by atoms with Crippen LogP contribution in [0.25, 0.3) is 22.2 Å². The topological polar surface area (TPSA) is 164 Å². The number of aromatic nitrogens is 3. The number of amides is 3. The molecule has 2 aromatic heterocycles. The minimum atomic E-state index is -0.798. The van der Waals surface area contributed by atoms with Gasteiger partial charge in [0, 0.05) is 33.4 Å². The molecule has 5 N–H and O–H groups in total. The fourth-order valence-corrected chi connectivity index (χ4v) is 7.10. The number of fused-ring (bicyclic) bond motifs is 1. The molecule has 3 amide bonds.